The van der Waals surface area contributed by atoms with Crippen molar-refractivity contribution >= 4 is 15.7 Å². The zero-order valence-corrected chi connectivity index (χ0v) is 22.6. The van der Waals surface area contributed by atoms with Gasteiger partial charge in [0, 0.05) is 30.9 Å². The minimum Gasteiger partial charge on any atom is -0.390 e. The van der Waals surface area contributed by atoms with Crippen LogP contribution in [0.5, 0.6) is 0 Å². The summed E-state index contributed by atoms with van der Waals surface area (Å²) in [6.07, 6.45) is 5.18. The lowest BCUT2D eigenvalue weighted by Crippen LogP contribution is -2.36. The molecule has 1 aliphatic carbocycles. The van der Waals surface area contributed by atoms with Gasteiger partial charge in [-0.1, -0.05) is 26.8 Å². The van der Waals surface area contributed by atoms with Crippen molar-refractivity contribution in [3.63, 3.8) is 0 Å². The Kier molecular flexibility index (Phi) is 7.88. The van der Waals surface area contributed by atoms with Crippen LogP contribution >= 0.6 is 0 Å². The van der Waals surface area contributed by atoms with E-state index in [0.717, 1.165) is 38.8 Å². The molecule has 0 saturated heterocycles. The number of pyridine rings is 1. The van der Waals surface area contributed by atoms with Crippen LogP contribution in [0.2, 0.25) is 0 Å². The number of sulfone groups is 1. The maximum absolute atomic E-state index is 12.9. The van der Waals surface area contributed by atoms with Crippen molar-refractivity contribution in [2.24, 2.45) is 11.8 Å². The molecule has 0 spiro atoms. The van der Waals surface area contributed by atoms with Crippen LogP contribution in [0.3, 0.4) is 0 Å². The molecule has 196 valence electrons. The molecule has 8 heteroatoms. The Morgan fingerprint density at radius 2 is 1.94 bits per heavy atom. The molecule has 2 heterocycles. The molecule has 1 unspecified atom stereocenters. The zero-order chi connectivity index (χ0) is 26.1. The second-order valence-electron chi connectivity index (χ2n) is 11.0. The average Bonchev–Trinajstić information content (AvgIpc) is 3.21. The fourth-order valence-electron chi connectivity index (χ4n) is 5.60. The van der Waals surface area contributed by atoms with Crippen LogP contribution in [-0.2, 0) is 22.9 Å². The van der Waals surface area contributed by atoms with Gasteiger partial charge in [0.2, 0.25) is 0 Å². The molecule has 36 heavy (non-hydrogen) atoms. The third-order valence-electron chi connectivity index (χ3n) is 7.76. The van der Waals surface area contributed by atoms with Crippen LogP contribution in [-0.4, -0.2) is 47.2 Å². The molecule has 2 aliphatic rings. The van der Waals surface area contributed by atoms with Crippen LogP contribution in [0.1, 0.15) is 86.6 Å². The molecular formula is C28H39N3O4S. The smallest absolute Gasteiger partial charge is 0.251 e. The Morgan fingerprint density at radius 3 is 2.56 bits per heavy atom. The first-order valence-corrected chi connectivity index (χ1v) is 14.7. The molecule has 1 aromatic heterocycles. The highest BCUT2D eigenvalue weighted by molar-refractivity contribution is 7.91. The van der Waals surface area contributed by atoms with E-state index in [1.165, 1.54) is 23.4 Å². The molecule has 2 N–H and O–H groups in total. The second-order valence-corrected chi connectivity index (χ2v) is 13.3. The Bertz CT molecular complexity index is 1180. The fourth-order valence-corrected chi connectivity index (χ4v) is 6.42. The Labute approximate surface area is 215 Å². The summed E-state index contributed by atoms with van der Waals surface area (Å²) in [5, 5.41) is 13.2. The number of aromatic nitrogens is 1. The standard InChI is InChI=1S/C28H39N3O4S/c1-5-36(34,35)24-8-7-23(29-16-24)15-30-27(32)21-6-9-25-22(14-21)18-31(26(25)19(2)3)17-20-10-12-28(4,33)13-11-20/h6-9,14,16,19-20,26,33H,5,10-13,15,17-18H2,1-4H3,(H,30,32). The maximum Gasteiger partial charge on any atom is 0.251 e. The van der Waals surface area contributed by atoms with Crippen LogP contribution in [0.4, 0.5) is 0 Å². The largest absolute Gasteiger partial charge is 0.390 e. The molecule has 1 amide bonds. The summed E-state index contributed by atoms with van der Waals surface area (Å²) in [5.41, 5.74) is 3.22. The van der Waals surface area contributed by atoms with Gasteiger partial charge in [0.15, 0.2) is 9.84 Å². The average molecular weight is 514 g/mol. The SMILES string of the molecule is CCS(=O)(=O)c1ccc(CNC(=O)c2ccc3c(c2)CN(CC2CCC(C)(O)CC2)C3C(C)C)nc1. The highest BCUT2D eigenvalue weighted by atomic mass is 32.2. The number of nitrogens with one attached hydrogen (secondary N) is 1. The predicted molar refractivity (Wildman–Crippen MR) is 140 cm³/mol. The van der Waals surface area contributed by atoms with Gasteiger partial charge in [-0.25, -0.2) is 8.42 Å². The third kappa shape index (κ3) is 5.98. The highest BCUT2D eigenvalue weighted by Gasteiger charge is 2.36. The molecule has 1 aliphatic heterocycles. The molecule has 1 atom stereocenters. The van der Waals surface area contributed by atoms with E-state index >= 15 is 0 Å². The zero-order valence-electron chi connectivity index (χ0n) is 21.8. The quantitative estimate of drug-likeness (QED) is 0.547. The Balaban J connectivity index is 1.40. The first-order chi connectivity index (χ1) is 17.0. The lowest BCUT2D eigenvalue weighted by Gasteiger charge is -2.37. The van der Waals surface area contributed by atoms with Gasteiger partial charge in [0.05, 0.1) is 28.5 Å². The van der Waals surface area contributed by atoms with Crippen molar-refractivity contribution in [2.45, 2.75) is 83.0 Å². The number of hydrogen-bond acceptors (Lipinski definition) is 6. The van der Waals surface area contributed by atoms with Crippen molar-refractivity contribution in [1.29, 1.82) is 0 Å². The molecule has 1 saturated carbocycles. The van der Waals surface area contributed by atoms with Gasteiger partial charge in [-0.3, -0.25) is 14.7 Å². The molecule has 4 rings (SSSR count). The summed E-state index contributed by atoms with van der Waals surface area (Å²) in [4.78, 5) is 19.8. The van der Waals surface area contributed by atoms with Crippen molar-refractivity contribution < 1.29 is 18.3 Å². The van der Waals surface area contributed by atoms with Crippen molar-refractivity contribution in [3.8, 4) is 0 Å². The van der Waals surface area contributed by atoms with E-state index in [9.17, 15) is 18.3 Å². The highest BCUT2D eigenvalue weighted by Crippen LogP contribution is 2.41. The number of hydrogen-bond donors (Lipinski definition) is 2. The lowest BCUT2D eigenvalue weighted by atomic mass is 9.79. The van der Waals surface area contributed by atoms with Crippen molar-refractivity contribution in [1.82, 2.24) is 15.2 Å². The molecule has 0 radical (unpaired) electrons. The normalized spacial score (nSPS) is 24.6. The van der Waals surface area contributed by atoms with E-state index in [0.29, 0.717) is 29.1 Å². The summed E-state index contributed by atoms with van der Waals surface area (Å²) < 4.78 is 23.9. The topological polar surface area (TPSA) is 99.6 Å². The van der Waals surface area contributed by atoms with Crippen molar-refractivity contribution in [3.05, 3.63) is 58.9 Å². The van der Waals surface area contributed by atoms with Crippen molar-refractivity contribution in [2.75, 3.05) is 12.3 Å². The maximum atomic E-state index is 12.9. The summed E-state index contributed by atoms with van der Waals surface area (Å²) in [6, 6.07) is 9.52. The van der Waals surface area contributed by atoms with Gasteiger partial charge in [-0.15, -0.1) is 0 Å². The number of aliphatic hydroxyl groups is 1. The molecule has 7 nitrogen and oxygen atoms in total. The molecule has 2 aromatic rings. The minimum atomic E-state index is -3.29. The van der Waals surface area contributed by atoms with Gasteiger partial charge < -0.3 is 10.4 Å². The number of carbonyl (C=O) groups excluding carboxylic acids is 1. The number of carbonyl (C=O) groups is 1. The van der Waals surface area contributed by atoms with Gasteiger partial charge in [0.25, 0.3) is 5.91 Å². The number of rotatable bonds is 8. The lowest BCUT2D eigenvalue weighted by molar-refractivity contribution is -0.000666. The van der Waals surface area contributed by atoms with E-state index in [1.54, 1.807) is 13.0 Å². The molecule has 1 fully saturated rings. The summed E-state index contributed by atoms with van der Waals surface area (Å²) in [7, 11) is -3.29. The second kappa shape index (κ2) is 10.6. The van der Waals surface area contributed by atoms with E-state index in [1.807, 2.05) is 19.1 Å². The summed E-state index contributed by atoms with van der Waals surface area (Å²) >= 11 is 0. The van der Waals surface area contributed by atoms with Crippen LogP contribution in [0, 0.1) is 11.8 Å². The fraction of sp³-hybridized carbons (Fsp3) is 0.571. The van der Waals surface area contributed by atoms with Gasteiger partial charge in [-0.2, -0.15) is 0 Å². The van der Waals surface area contributed by atoms with Gasteiger partial charge in [-0.05, 0) is 79.8 Å². The van der Waals surface area contributed by atoms with Gasteiger partial charge >= 0.3 is 0 Å². The van der Waals surface area contributed by atoms with E-state index in [2.05, 4.69) is 35.1 Å². The number of fused-ring (bicyclic) bond motifs is 1. The minimum absolute atomic E-state index is 0.0287. The number of amides is 1. The summed E-state index contributed by atoms with van der Waals surface area (Å²) in [5.74, 6) is 0.915. The number of nitrogens with zero attached hydrogens (tertiary/aromatic N) is 2. The summed E-state index contributed by atoms with van der Waals surface area (Å²) in [6.45, 7) is 10.1. The van der Waals surface area contributed by atoms with E-state index in [-0.39, 0.29) is 23.1 Å². The third-order valence-corrected chi connectivity index (χ3v) is 9.48. The monoisotopic (exact) mass is 513 g/mol. The molecular weight excluding hydrogens is 474 g/mol. The first-order valence-electron chi connectivity index (χ1n) is 13.0. The molecule has 1 aromatic carbocycles. The van der Waals surface area contributed by atoms with E-state index in [4.69, 9.17) is 0 Å². The first kappa shape index (κ1) is 26.8. The van der Waals surface area contributed by atoms with Gasteiger partial charge in [0.1, 0.15) is 0 Å². The van der Waals surface area contributed by atoms with Crippen LogP contribution in [0.25, 0.3) is 0 Å². The van der Waals surface area contributed by atoms with E-state index < -0.39 is 15.4 Å². The number of benzene rings is 1. The predicted octanol–water partition coefficient (Wildman–Crippen LogP) is 4.26. The Morgan fingerprint density at radius 1 is 1.22 bits per heavy atom. The van der Waals surface area contributed by atoms with Crippen LogP contribution < -0.4 is 5.32 Å². The van der Waals surface area contributed by atoms with Crippen LogP contribution in [0.15, 0.2) is 41.4 Å². The molecule has 0 bridgehead atoms. The Hall–Kier alpha value is -2.29.